The van der Waals surface area contributed by atoms with Gasteiger partial charge in [0.05, 0.1) is 19.3 Å². The highest BCUT2D eigenvalue weighted by Crippen LogP contribution is 2.25. The largest absolute Gasteiger partial charge is 0.391 e. The molecule has 0 aromatic rings. The number of epoxide rings is 1. The average molecular weight is 160 g/mol. The molecule has 4 atom stereocenters. The molecule has 2 aliphatic rings. The fourth-order valence-electron chi connectivity index (χ4n) is 1.10. The first-order valence-electron chi connectivity index (χ1n) is 3.84. The van der Waals surface area contributed by atoms with Crippen molar-refractivity contribution in [1.82, 2.24) is 0 Å². The van der Waals surface area contributed by atoms with E-state index >= 15 is 0 Å². The first-order valence-corrected chi connectivity index (χ1v) is 3.84. The molecule has 0 radical (unpaired) electrons. The minimum absolute atomic E-state index is 0.110. The van der Waals surface area contributed by atoms with Crippen LogP contribution in [0.5, 0.6) is 0 Å². The molecule has 0 aliphatic carbocycles. The second-order valence-electron chi connectivity index (χ2n) is 2.99. The third-order valence-electron chi connectivity index (χ3n) is 1.93. The number of hydrogen-bond donors (Lipinski definition) is 1. The SMILES string of the molecule is C[C@H](O)C1CO[C@@H]([C@@H]2CO2)O1. The van der Waals surface area contributed by atoms with Crippen LogP contribution in [0, 0.1) is 0 Å². The maximum atomic E-state index is 9.13. The smallest absolute Gasteiger partial charge is 0.186 e. The van der Waals surface area contributed by atoms with Gasteiger partial charge in [0.25, 0.3) is 0 Å². The van der Waals surface area contributed by atoms with Gasteiger partial charge in [-0.2, -0.15) is 0 Å². The maximum absolute atomic E-state index is 9.13. The van der Waals surface area contributed by atoms with Crippen LogP contribution in [0.15, 0.2) is 0 Å². The molecule has 0 saturated carbocycles. The van der Waals surface area contributed by atoms with Gasteiger partial charge < -0.3 is 19.3 Å². The van der Waals surface area contributed by atoms with Crippen molar-refractivity contribution in [2.24, 2.45) is 0 Å². The Bertz CT molecular complexity index is 135. The van der Waals surface area contributed by atoms with E-state index in [4.69, 9.17) is 19.3 Å². The van der Waals surface area contributed by atoms with Crippen molar-refractivity contribution < 1.29 is 19.3 Å². The zero-order chi connectivity index (χ0) is 7.84. The lowest BCUT2D eigenvalue weighted by atomic mass is 10.2. The topological polar surface area (TPSA) is 51.2 Å². The van der Waals surface area contributed by atoms with Crippen molar-refractivity contribution in [2.45, 2.75) is 31.5 Å². The van der Waals surface area contributed by atoms with Gasteiger partial charge in [-0.15, -0.1) is 0 Å². The molecule has 0 amide bonds. The van der Waals surface area contributed by atoms with Crippen LogP contribution in [0.2, 0.25) is 0 Å². The number of aliphatic hydroxyl groups excluding tert-OH is 1. The van der Waals surface area contributed by atoms with Crippen molar-refractivity contribution in [3.05, 3.63) is 0 Å². The number of rotatable bonds is 2. The monoisotopic (exact) mass is 160 g/mol. The minimum atomic E-state index is -0.459. The van der Waals surface area contributed by atoms with Crippen molar-refractivity contribution >= 4 is 0 Å². The highest BCUT2D eigenvalue weighted by atomic mass is 16.8. The fraction of sp³-hybridized carbons (Fsp3) is 1.00. The minimum Gasteiger partial charge on any atom is -0.391 e. The van der Waals surface area contributed by atoms with Gasteiger partial charge in [-0.05, 0) is 6.92 Å². The predicted octanol–water partition coefficient (Wildman–Crippen LogP) is -0.493. The molecule has 0 aromatic heterocycles. The fourth-order valence-corrected chi connectivity index (χ4v) is 1.10. The summed E-state index contributed by atoms with van der Waals surface area (Å²) in [6, 6.07) is 0. The summed E-state index contributed by atoms with van der Waals surface area (Å²) < 4.78 is 15.6. The van der Waals surface area contributed by atoms with Crippen LogP contribution < -0.4 is 0 Å². The van der Waals surface area contributed by atoms with Gasteiger partial charge in [0.15, 0.2) is 6.29 Å². The van der Waals surface area contributed by atoms with E-state index in [-0.39, 0.29) is 18.5 Å². The normalized spacial score (nSPS) is 45.8. The molecule has 4 heteroatoms. The molecule has 2 saturated heterocycles. The molecule has 0 aromatic carbocycles. The summed E-state index contributed by atoms with van der Waals surface area (Å²) in [4.78, 5) is 0. The molecular weight excluding hydrogens is 148 g/mol. The summed E-state index contributed by atoms with van der Waals surface area (Å²) in [7, 11) is 0. The quantitative estimate of drug-likeness (QED) is 0.554. The lowest BCUT2D eigenvalue weighted by Gasteiger charge is -2.11. The van der Waals surface area contributed by atoms with Gasteiger partial charge in [-0.1, -0.05) is 0 Å². The Morgan fingerprint density at radius 1 is 1.36 bits per heavy atom. The second kappa shape index (κ2) is 2.71. The van der Waals surface area contributed by atoms with E-state index in [1.165, 1.54) is 0 Å². The Hall–Kier alpha value is -0.160. The first kappa shape index (κ1) is 7.49. The molecule has 11 heavy (non-hydrogen) atoms. The van der Waals surface area contributed by atoms with Crippen LogP contribution in [0.4, 0.5) is 0 Å². The standard InChI is InChI=1S/C7H12O4/c1-4(8)5-2-10-7(11-5)6-3-9-6/h4-8H,2-3H2,1H3/t4-,5?,6-,7+/m0/s1. The van der Waals surface area contributed by atoms with Crippen molar-refractivity contribution in [2.75, 3.05) is 13.2 Å². The third kappa shape index (κ3) is 1.54. The highest BCUT2D eigenvalue weighted by molar-refractivity contribution is 4.80. The third-order valence-corrected chi connectivity index (χ3v) is 1.93. The van der Waals surface area contributed by atoms with E-state index in [1.54, 1.807) is 6.92 Å². The van der Waals surface area contributed by atoms with Gasteiger partial charge in [-0.3, -0.25) is 0 Å². The van der Waals surface area contributed by atoms with E-state index in [1.807, 2.05) is 0 Å². The van der Waals surface area contributed by atoms with Crippen molar-refractivity contribution in [3.63, 3.8) is 0 Å². The van der Waals surface area contributed by atoms with Crippen LogP contribution in [-0.2, 0) is 14.2 Å². The molecule has 2 rings (SSSR count). The van der Waals surface area contributed by atoms with Crippen molar-refractivity contribution in [3.8, 4) is 0 Å². The van der Waals surface area contributed by atoms with Crippen LogP contribution in [0.25, 0.3) is 0 Å². The van der Waals surface area contributed by atoms with Gasteiger partial charge in [0, 0.05) is 0 Å². The van der Waals surface area contributed by atoms with Crippen LogP contribution >= 0.6 is 0 Å². The zero-order valence-electron chi connectivity index (χ0n) is 6.40. The van der Waals surface area contributed by atoms with Crippen LogP contribution in [0.3, 0.4) is 0 Å². The maximum Gasteiger partial charge on any atom is 0.186 e. The summed E-state index contributed by atoms with van der Waals surface area (Å²) in [5.41, 5.74) is 0. The number of ether oxygens (including phenoxy) is 3. The summed E-state index contributed by atoms with van der Waals surface area (Å²) in [5.74, 6) is 0. The van der Waals surface area contributed by atoms with E-state index in [0.717, 1.165) is 6.61 Å². The number of hydrogen-bond acceptors (Lipinski definition) is 4. The molecule has 2 aliphatic heterocycles. The Morgan fingerprint density at radius 2 is 2.09 bits per heavy atom. The highest BCUT2D eigenvalue weighted by Gasteiger charge is 2.41. The molecule has 2 heterocycles. The van der Waals surface area contributed by atoms with Gasteiger partial charge in [0.2, 0.25) is 0 Å². The number of aliphatic hydroxyl groups is 1. The summed E-state index contributed by atoms with van der Waals surface area (Å²) in [5, 5.41) is 9.13. The van der Waals surface area contributed by atoms with E-state index in [0.29, 0.717) is 6.61 Å². The Kier molecular flexibility index (Phi) is 1.85. The molecule has 0 spiro atoms. The van der Waals surface area contributed by atoms with Gasteiger partial charge in [0.1, 0.15) is 12.2 Å². The molecule has 4 nitrogen and oxygen atoms in total. The second-order valence-corrected chi connectivity index (χ2v) is 2.99. The predicted molar refractivity (Wildman–Crippen MR) is 36.0 cm³/mol. The van der Waals surface area contributed by atoms with E-state index in [2.05, 4.69) is 0 Å². The zero-order valence-corrected chi connectivity index (χ0v) is 6.40. The molecule has 64 valence electrons. The van der Waals surface area contributed by atoms with Gasteiger partial charge >= 0.3 is 0 Å². The van der Waals surface area contributed by atoms with Gasteiger partial charge in [-0.25, -0.2) is 0 Å². The Labute approximate surface area is 65.1 Å². The van der Waals surface area contributed by atoms with E-state index in [9.17, 15) is 0 Å². The molecular formula is C7H12O4. The average Bonchev–Trinajstić information content (AvgIpc) is 2.68. The molecule has 1 unspecified atom stereocenters. The van der Waals surface area contributed by atoms with Crippen LogP contribution in [0.1, 0.15) is 6.92 Å². The summed E-state index contributed by atoms with van der Waals surface area (Å²) in [6.45, 7) is 2.89. The van der Waals surface area contributed by atoms with Crippen LogP contribution in [-0.4, -0.2) is 42.9 Å². The van der Waals surface area contributed by atoms with Crippen molar-refractivity contribution in [1.29, 1.82) is 0 Å². The van der Waals surface area contributed by atoms with E-state index < -0.39 is 6.10 Å². The molecule has 2 fully saturated rings. The first-order chi connectivity index (χ1) is 5.27. The Balaban J connectivity index is 1.82. The summed E-state index contributed by atoms with van der Waals surface area (Å²) in [6.07, 6.45) is -0.767. The molecule has 1 N–H and O–H groups in total. The Morgan fingerprint density at radius 3 is 2.55 bits per heavy atom. The summed E-state index contributed by atoms with van der Waals surface area (Å²) >= 11 is 0. The molecule has 0 bridgehead atoms. The lowest BCUT2D eigenvalue weighted by Crippen LogP contribution is -2.26. The lowest BCUT2D eigenvalue weighted by molar-refractivity contribution is -0.0900.